The number of carbonyl (C=O) groups is 2. The minimum Gasteiger partial charge on any atom is -0.494 e. The Kier molecular flexibility index (Phi) is 19.5. The molecule has 2 aromatic rings. The molecular formula is C32H48O5. The number of rotatable bonds is 18. The number of ether oxygens (including phenoxy) is 3. The lowest BCUT2D eigenvalue weighted by atomic mass is 10.1. The molecule has 0 radical (unpaired) electrons. The van der Waals surface area contributed by atoms with Gasteiger partial charge in [0, 0.05) is 0 Å². The number of para-hydroxylation sites is 1. The van der Waals surface area contributed by atoms with Gasteiger partial charge in [-0.05, 0) is 44.0 Å². The van der Waals surface area contributed by atoms with E-state index in [4.69, 9.17) is 14.2 Å². The molecule has 5 heteroatoms. The smallest absolute Gasteiger partial charge is 0.339 e. The lowest BCUT2D eigenvalue weighted by Gasteiger charge is -2.10. The van der Waals surface area contributed by atoms with Gasteiger partial charge in [0.05, 0.1) is 30.9 Å². The Morgan fingerprint density at radius 2 is 0.946 bits per heavy atom. The summed E-state index contributed by atoms with van der Waals surface area (Å²) in [5.74, 6) is 0.0568. The highest BCUT2D eigenvalue weighted by molar-refractivity contribution is 6.03. The Hall–Kier alpha value is -2.82. The molecular weight excluding hydrogens is 464 g/mol. The Balaban J connectivity index is 0.000000635. The molecule has 5 nitrogen and oxygen atoms in total. The fraction of sp³-hybridized carbons (Fsp3) is 0.562. The van der Waals surface area contributed by atoms with Crippen LogP contribution in [-0.4, -0.2) is 31.8 Å². The lowest BCUT2D eigenvalue weighted by Crippen LogP contribution is -2.15. The van der Waals surface area contributed by atoms with E-state index in [9.17, 15) is 9.59 Å². The summed E-state index contributed by atoms with van der Waals surface area (Å²) in [7, 11) is 0. The maximum Gasteiger partial charge on any atom is 0.339 e. The molecule has 0 fully saturated rings. The molecule has 0 aliphatic heterocycles. The molecule has 0 amide bonds. The molecule has 0 heterocycles. The van der Waals surface area contributed by atoms with E-state index in [-0.39, 0.29) is 0 Å². The van der Waals surface area contributed by atoms with Gasteiger partial charge in [-0.2, -0.15) is 0 Å². The zero-order valence-electron chi connectivity index (χ0n) is 23.3. The Morgan fingerprint density at radius 3 is 1.38 bits per heavy atom. The SMILES string of the molecule is CCCCCCCCOC(=O)c1ccccc1C(=O)OCCCCCCCC.CCOc1ccccc1. The summed E-state index contributed by atoms with van der Waals surface area (Å²) in [6.07, 6.45) is 13.6. The van der Waals surface area contributed by atoms with Crippen LogP contribution in [-0.2, 0) is 9.47 Å². The minimum atomic E-state index is -0.444. The molecule has 206 valence electrons. The molecule has 0 aromatic heterocycles. The van der Waals surface area contributed by atoms with Crippen LogP contribution in [0.5, 0.6) is 5.75 Å². The number of benzene rings is 2. The Labute approximate surface area is 224 Å². The van der Waals surface area contributed by atoms with Crippen molar-refractivity contribution in [2.24, 2.45) is 0 Å². The van der Waals surface area contributed by atoms with E-state index in [0.29, 0.717) is 24.3 Å². The van der Waals surface area contributed by atoms with E-state index < -0.39 is 11.9 Å². The molecule has 0 saturated heterocycles. The molecule has 0 bridgehead atoms. The number of esters is 2. The van der Waals surface area contributed by atoms with Crippen LogP contribution in [0.15, 0.2) is 54.6 Å². The summed E-state index contributed by atoms with van der Waals surface area (Å²) < 4.78 is 15.9. The van der Waals surface area contributed by atoms with Gasteiger partial charge in [-0.15, -0.1) is 0 Å². The number of unbranched alkanes of at least 4 members (excludes halogenated alkanes) is 10. The first-order valence-electron chi connectivity index (χ1n) is 14.2. The zero-order valence-corrected chi connectivity index (χ0v) is 23.3. The van der Waals surface area contributed by atoms with Crippen molar-refractivity contribution in [2.45, 2.75) is 97.8 Å². The fourth-order valence-corrected chi connectivity index (χ4v) is 3.77. The van der Waals surface area contributed by atoms with Crippen LogP contribution >= 0.6 is 0 Å². The second kappa shape index (κ2) is 22.4. The molecule has 2 aromatic carbocycles. The van der Waals surface area contributed by atoms with Gasteiger partial charge in [0.15, 0.2) is 0 Å². The van der Waals surface area contributed by atoms with Crippen molar-refractivity contribution in [1.29, 1.82) is 0 Å². The lowest BCUT2D eigenvalue weighted by molar-refractivity contribution is 0.0450. The van der Waals surface area contributed by atoms with Gasteiger partial charge in [0.25, 0.3) is 0 Å². The van der Waals surface area contributed by atoms with Crippen LogP contribution < -0.4 is 4.74 Å². The second-order valence-corrected chi connectivity index (χ2v) is 9.10. The van der Waals surface area contributed by atoms with E-state index in [1.165, 1.54) is 51.4 Å². The second-order valence-electron chi connectivity index (χ2n) is 9.10. The maximum atomic E-state index is 12.4. The molecule has 0 unspecified atom stereocenters. The van der Waals surface area contributed by atoms with Crippen molar-refractivity contribution in [1.82, 2.24) is 0 Å². The summed E-state index contributed by atoms with van der Waals surface area (Å²) in [6.45, 7) is 7.89. The van der Waals surface area contributed by atoms with Gasteiger partial charge in [-0.3, -0.25) is 0 Å². The molecule has 0 spiro atoms. The average molecular weight is 513 g/mol. The van der Waals surface area contributed by atoms with Crippen LogP contribution in [0.2, 0.25) is 0 Å². The largest absolute Gasteiger partial charge is 0.494 e. The van der Waals surface area contributed by atoms with Crippen LogP contribution in [0.1, 0.15) is 119 Å². The summed E-state index contributed by atoms with van der Waals surface area (Å²) in [6, 6.07) is 16.5. The van der Waals surface area contributed by atoms with Crippen LogP contribution in [0.25, 0.3) is 0 Å². The Bertz CT molecular complexity index is 785. The summed E-state index contributed by atoms with van der Waals surface area (Å²) in [4.78, 5) is 24.7. The highest BCUT2D eigenvalue weighted by Crippen LogP contribution is 2.14. The van der Waals surface area contributed by atoms with Crippen molar-refractivity contribution >= 4 is 11.9 Å². The van der Waals surface area contributed by atoms with Crippen molar-refractivity contribution < 1.29 is 23.8 Å². The normalized spacial score (nSPS) is 10.2. The predicted molar refractivity (Wildman–Crippen MR) is 151 cm³/mol. The van der Waals surface area contributed by atoms with E-state index in [1.807, 2.05) is 37.3 Å². The quantitative estimate of drug-likeness (QED) is 0.147. The third-order valence-electron chi connectivity index (χ3n) is 5.88. The molecule has 0 aliphatic carbocycles. The maximum absolute atomic E-state index is 12.4. The first kappa shape index (κ1) is 32.2. The highest BCUT2D eigenvalue weighted by Gasteiger charge is 2.18. The molecule has 2 rings (SSSR count). The van der Waals surface area contributed by atoms with Gasteiger partial charge in [0.1, 0.15) is 5.75 Å². The first-order chi connectivity index (χ1) is 18.1. The molecule has 37 heavy (non-hydrogen) atoms. The third kappa shape index (κ3) is 15.8. The van der Waals surface area contributed by atoms with E-state index in [0.717, 1.165) is 38.0 Å². The first-order valence-corrected chi connectivity index (χ1v) is 14.2. The van der Waals surface area contributed by atoms with Crippen molar-refractivity contribution in [3.05, 3.63) is 65.7 Å². The van der Waals surface area contributed by atoms with Crippen molar-refractivity contribution in [2.75, 3.05) is 19.8 Å². The number of hydrogen-bond donors (Lipinski definition) is 0. The minimum absolute atomic E-state index is 0.293. The van der Waals surface area contributed by atoms with Crippen LogP contribution in [0.3, 0.4) is 0 Å². The molecule has 0 saturated carbocycles. The standard InChI is InChI=1S/C24H38O4.C8H10O/c1-3-5-7-9-11-15-19-27-23(25)21-17-13-14-18-22(21)24(26)28-20-16-12-10-8-6-4-2;1-2-9-8-6-4-3-5-7-8/h13-14,17-18H,3-12,15-16,19-20H2,1-2H3;3-7H,2H2,1H3. The Morgan fingerprint density at radius 1 is 0.541 bits per heavy atom. The van der Waals surface area contributed by atoms with E-state index in [1.54, 1.807) is 24.3 Å². The number of hydrogen-bond acceptors (Lipinski definition) is 5. The monoisotopic (exact) mass is 512 g/mol. The average Bonchev–Trinajstić information content (AvgIpc) is 2.93. The summed E-state index contributed by atoms with van der Waals surface area (Å²) >= 11 is 0. The van der Waals surface area contributed by atoms with Gasteiger partial charge >= 0.3 is 11.9 Å². The summed E-state index contributed by atoms with van der Waals surface area (Å²) in [5.41, 5.74) is 0.586. The van der Waals surface area contributed by atoms with E-state index >= 15 is 0 Å². The van der Waals surface area contributed by atoms with Crippen LogP contribution in [0.4, 0.5) is 0 Å². The van der Waals surface area contributed by atoms with Gasteiger partial charge in [-0.1, -0.05) is 108 Å². The molecule has 0 aliphatic rings. The molecule has 0 N–H and O–H groups in total. The zero-order chi connectivity index (χ0) is 27.0. The van der Waals surface area contributed by atoms with Crippen molar-refractivity contribution in [3.8, 4) is 5.75 Å². The number of carbonyl (C=O) groups excluding carboxylic acids is 2. The topological polar surface area (TPSA) is 61.8 Å². The van der Waals surface area contributed by atoms with Crippen molar-refractivity contribution in [3.63, 3.8) is 0 Å². The predicted octanol–water partition coefficient (Wildman–Crippen LogP) is 8.81. The molecule has 0 atom stereocenters. The highest BCUT2D eigenvalue weighted by atomic mass is 16.5. The fourth-order valence-electron chi connectivity index (χ4n) is 3.77. The summed E-state index contributed by atoms with van der Waals surface area (Å²) in [5, 5.41) is 0. The van der Waals surface area contributed by atoms with Crippen LogP contribution in [0, 0.1) is 0 Å². The van der Waals surface area contributed by atoms with Gasteiger partial charge in [-0.25, -0.2) is 9.59 Å². The van der Waals surface area contributed by atoms with Gasteiger partial charge in [0.2, 0.25) is 0 Å². The van der Waals surface area contributed by atoms with Gasteiger partial charge < -0.3 is 14.2 Å². The van der Waals surface area contributed by atoms with E-state index in [2.05, 4.69) is 13.8 Å². The third-order valence-corrected chi connectivity index (χ3v) is 5.88.